The second-order valence-corrected chi connectivity index (χ2v) is 8.56. The molecule has 6 heteroatoms. The third-order valence-electron chi connectivity index (χ3n) is 4.46. The molecule has 1 aliphatic rings. The molecular formula is C17H22N2O3S. The minimum atomic E-state index is -2.99. The van der Waals surface area contributed by atoms with Crippen molar-refractivity contribution in [3.63, 3.8) is 0 Å². The topological polar surface area (TPSA) is 79.0 Å². The highest BCUT2D eigenvalue weighted by molar-refractivity contribution is 7.91. The van der Waals surface area contributed by atoms with Crippen LogP contribution in [0.1, 0.15) is 30.4 Å². The Labute approximate surface area is 136 Å². The molecule has 0 unspecified atom stereocenters. The predicted molar refractivity (Wildman–Crippen MR) is 91.2 cm³/mol. The number of nitrogens with one attached hydrogen (secondary N) is 2. The summed E-state index contributed by atoms with van der Waals surface area (Å²) in [6.07, 6.45) is 4.36. The summed E-state index contributed by atoms with van der Waals surface area (Å²) in [5, 5.41) is 4.02. The molecule has 2 N–H and O–H groups in total. The molecule has 1 aromatic heterocycles. The third kappa shape index (κ3) is 3.75. The van der Waals surface area contributed by atoms with Crippen LogP contribution in [0.3, 0.4) is 0 Å². The van der Waals surface area contributed by atoms with Crippen molar-refractivity contribution in [2.24, 2.45) is 0 Å². The molecule has 1 amide bonds. The molecular weight excluding hydrogens is 312 g/mol. The number of sulfone groups is 1. The van der Waals surface area contributed by atoms with Gasteiger partial charge in [-0.05, 0) is 37.3 Å². The molecule has 124 valence electrons. The van der Waals surface area contributed by atoms with E-state index >= 15 is 0 Å². The van der Waals surface area contributed by atoms with E-state index in [4.69, 9.17) is 0 Å². The van der Waals surface area contributed by atoms with Gasteiger partial charge in [-0.1, -0.05) is 18.2 Å². The van der Waals surface area contributed by atoms with Gasteiger partial charge in [-0.3, -0.25) is 4.79 Å². The Kier molecular flexibility index (Phi) is 4.43. The van der Waals surface area contributed by atoms with Crippen LogP contribution < -0.4 is 5.32 Å². The quantitative estimate of drug-likeness (QED) is 0.899. The number of amides is 1. The molecule has 1 saturated heterocycles. The number of para-hydroxylation sites is 1. The average molecular weight is 334 g/mol. The van der Waals surface area contributed by atoms with Gasteiger partial charge in [0.05, 0.1) is 11.5 Å². The minimum absolute atomic E-state index is 0.0744. The largest absolute Gasteiger partial charge is 0.361 e. The van der Waals surface area contributed by atoms with Gasteiger partial charge in [-0.25, -0.2) is 8.42 Å². The lowest BCUT2D eigenvalue weighted by molar-refractivity contribution is -0.121. The molecule has 0 radical (unpaired) electrons. The Morgan fingerprint density at radius 2 is 2.22 bits per heavy atom. The highest BCUT2D eigenvalue weighted by Gasteiger charge is 2.25. The molecule has 3 rings (SSSR count). The number of aryl methyl sites for hydroxylation is 2. The Bertz CT molecular complexity index is 823. The maximum atomic E-state index is 12.1. The fraction of sp³-hybridized carbons (Fsp3) is 0.471. The van der Waals surface area contributed by atoms with E-state index in [9.17, 15) is 13.2 Å². The lowest BCUT2D eigenvalue weighted by atomic mass is 10.1. The Balaban J connectivity index is 1.59. The number of carbonyl (C=O) groups is 1. The van der Waals surface area contributed by atoms with Gasteiger partial charge < -0.3 is 10.3 Å². The fourth-order valence-electron chi connectivity index (χ4n) is 3.26. The van der Waals surface area contributed by atoms with Gasteiger partial charge in [0.2, 0.25) is 5.91 Å². The van der Waals surface area contributed by atoms with E-state index in [0.717, 1.165) is 22.9 Å². The van der Waals surface area contributed by atoms with Gasteiger partial charge >= 0.3 is 0 Å². The molecule has 0 spiro atoms. The summed E-state index contributed by atoms with van der Waals surface area (Å²) < 4.78 is 23.2. The van der Waals surface area contributed by atoms with Gasteiger partial charge in [0, 0.05) is 29.6 Å². The first kappa shape index (κ1) is 16.1. The number of aromatic amines is 1. The van der Waals surface area contributed by atoms with Crippen LogP contribution in [0.4, 0.5) is 0 Å². The van der Waals surface area contributed by atoms with Gasteiger partial charge in [-0.15, -0.1) is 0 Å². The smallest absolute Gasteiger partial charge is 0.220 e. The SMILES string of the molecule is Cc1cccc2c(CCC(=O)N[C@@H]3CCCS(=O)(=O)C3)c[nH]c12. The lowest BCUT2D eigenvalue weighted by Gasteiger charge is -2.22. The molecule has 1 fully saturated rings. The first-order valence-corrected chi connectivity index (χ1v) is 9.82. The van der Waals surface area contributed by atoms with Crippen LogP contribution in [0.15, 0.2) is 24.4 Å². The van der Waals surface area contributed by atoms with E-state index in [0.29, 0.717) is 19.3 Å². The zero-order valence-electron chi connectivity index (χ0n) is 13.3. The highest BCUT2D eigenvalue weighted by Crippen LogP contribution is 2.22. The second kappa shape index (κ2) is 6.35. The average Bonchev–Trinajstić information content (AvgIpc) is 2.89. The fourth-order valence-corrected chi connectivity index (χ4v) is 4.89. The Morgan fingerprint density at radius 1 is 1.39 bits per heavy atom. The third-order valence-corrected chi connectivity index (χ3v) is 6.28. The summed E-state index contributed by atoms with van der Waals surface area (Å²) in [6.45, 7) is 2.05. The van der Waals surface area contributed by atoms with Crippen LogP contribution in [-0.4, -0.2) is 36.9 Å². The highest BCUT2D eigenvalue weighted by atomic mass is 32.2. The van der Waals surface area contributed by atoms with Crippen molar-refractivity contribution >= 4 is 26.6 Å². The first-order chi connectivity index (χ1) is 10.9. The van der Waals surface area contributed by atoms with Gasteiger partial charge in [0.15, 0.2) is 9.84 Å². The zero-order chi connectivity index (χ0) is 16.4. The van der Waals surface area contributed by atoms with E-state index in [-0.39, 0.29) is 23.5 Å². The maximum absolute atomic E-state index is 12.1. The molecule has 1 aromatic carbocycles. The summed E-state index contributed by atoms with van der Waals surface area (Å²) in [6, 6.07) is 5.90. The van der Waals surface area contributed by atoms with E-state index in [1.54, 1.807) is 0 Å². The number of benzene rings is 1. The van der Waals surface area contributed by atoms with Crippen LogP contribution in [0.25, 0.3) is 10.9 Å². The van der Waals surface area contributed by atoms with Gasteiger partial charge in [0.1, 0.15) is 0 Å². The Morgan fingerprint density at radius 3 is 3.00 bits per heavy atom. The van der Waals surface area contributed by atoms with Crippen molar-refractivity contribution in [2.45, 2.75) is 38.6 Å². The summed E-state index contributed by atoms with van der Waals surface area (Å²) in [4.78, 5) is 15.4. The van der Waals surface area contributed by atoms with Crippen molar-refractivity contribution in [3.8, 4) is 0 Å². The second-order valence-electron chi connectivity index (χ2n) is 6.33. The Hall–Kier alpha value is -1.82. The molecule has 0 saturated carbocycles. The van der Waals surface area contributed by atoms with Crippen molar-refractivity contribution in [3.05, 3.63) is 35.5 Å². The van der Waals surface area contributed by atoms with E-state index in [1.165, 1.54) is 5.56 Å². The molecule has 2 heterocycles. The van der Waals surface area contributed by atoms with Crippen molar-refractivity contribution in [1.82, 2.24) is 10.3 Å². The van der Waals surface area contributed by atoms with E-state index in [1.807, 2.05) is 12.3 Å². The van der Waals surface area contributed by atoms with E-state index < -0.39 is 9.84 Å². The number of carbonyl (C=O) groups excluding carboxylic acids is 1. The normalized spacial score (nSPS) is 20.5. The molecule has 0 aliphatic carbocycles. The summed E-state index contributed by atoms with van der Waals surface area (Å²) in [5.41, 5.74) is 3.42. The monoisotopic (exact) mass is 334 g/mol. The van der Waals surface area contributed by atoms with Crippen LogP contribution in [0.5, 0.6) is 0 Å². The van der Waals surface area contributed by atoms with E-state index in [2.05, 4.69) is 29.4 Å². The van der Waals surface area contributed by atoms with Gasteiger partial charge in [0.25, 0.3) is 0 Å². The number of rotatable bonds is 4. The minimum Gasteiger partial charge on any atom is -0.361 e. The van der Waals surface area contributed by atoms with Crippen LogP contribution in [-0.2, 0) is 21.1 Å². The molecule has 5 nitrogen and oxygen atoms in total. The zero-order valence-corrected chi connectivity index (χ0v) is 14.1. The lowest BCUT2D eigenvalue weighted by Crippen LogP contribution is -2.43. The summed E-state index contributed by atoms with van der Waals surface area (Å²) in [5.74, 6) is 0.244. The van der Waals surface area contributed by atoms with Gasteiger partial charge in [-0.2, -0.15) is 0 Å². The molecule has 1 atom stereocenters. The number of H-pyrrole nitrogens is 1. The van der Waals surface area contributed by atoms with Crippen LogP contribution in [0.2, 0.25) is 0 Å². The summed E-state index contributed by atoms with van der Waals surface area (Å²) in [7, 11) is -2.99. The maximum Gasteiger partial charge on any atom is 0.220 e. The molecule has 2 aromatic rings. The van der Waals surface area contributed by atoms with Crippen LogP contribution >= 0.6 is 0 Å². The van der Waals surface area contributed by atoms with Crippen LogP contribution in [0, 0.1) is 6.92 Å². The molecule has 0 bridgehead atoms. The standard InChI is InChI=1S/C17H22N2O3S/c1-12-4-2-6-15-13(10-18-17(12)15)7-8-16(20)19-14-5-3-9-23(21,22)11-14/h2,4,6,10,14,18H,3,5,7-9,11H2,1H3,(H,19,20)/t14-/m1/s1. The predicted octanol–water partition coefficient (Wildman–Crippen LogP) is 2.10. The van der Waals surface area contributed by atoms with Crippen molar-refractivity contribution in [2.75, 3.05) is 11.5 Å². The first-order valence-electron chi connectivity index (χ1n) is 8.00. The summed E-state index contributed by atoms with van der Waals surface area (Å²) >= 11 is 0. The number of fused-ring (bicyclic) bond motifs is 1. The number of hydrogen-bond acceptors (Lipinski definition) is 3. The number of hydrogen-bond donors (Lipinski definition) is 2. The van der Waals surface area contributed by atoms with Crippen molar-refractivity contribution in [1.29, 1.82) is 0 Å². The molecule has 1 aliphatic heterocycles. The number of aromatic nitrogens is 1. The molecule has 23 heavy (non-hydrogen) atoms. The van der Waals surface area contributed by atoms with Crippen molar-refractivity contribution < 1.29 is 13.2 Å².